The molecule has 2 heterocycles. The largest absolute Gasteiger partial charge is 0.497 e. The summed E-state index contributed by atoms with van der Waals surface area (Å²) >= 11 is 0. The van der Waals surface area contributed by atoms with Crippen LogP contribution < -0.4 is 15.0 Å². The van der Waals surface area contributed by atoms with Gasteiger partial charge in [0.15, 0.2) is 5.82 Å². The Balaban J connectivity index is 1.98. The molecule has 1 unspecified atom stereocenters. The fourth-order valence-electron chi connectivity index (χ4n) is 3.31. The normalized spacial score (nSPS) is 14.4. The van der Waals surface area contributed by atoms with Crippen LogP contribution in [-0.2, 0) is 17.6 Å². The van der Waals surface area contributed by atoms with Gasteiger partial charge in [0.2, 0.25) is 5.91 Å². The van der Waals surface area contributed by atoms with Gasteiger partial charge in [-0.3, -0.25) is 9.78 Å². The summed E-state index contributed by atoms with van der Waals surface area (Å²) < 4.78 is 5.30. The first-order valence-corrected chi connectivity index (χ1v) is 9.64. The summed E-state index contributed by atoms with van der Waals surface area (Å²) in [4.78, 5) is 28.6. The van der Waals surface area contributed by atoms with Gasteiger partial charge in [0.25, 0.3) is 0 Å². The maximum atomic E-state index is 12.7. The summed E-state index contributed by atoms with van der Waals surface area (Å²) in [5.41, 5.74) is 2.55. The number of aryl methyl sites for hydroxylation is 1. The molecule has 28 heavy (non-hydrogen) atoms. The molecule has 3 rings (SSSR count). The van der Waals surface area contributed by atoms with Crippen LogP contribution in [0.2, 0.25) is 0 Å². The van der Waals surface area contributed by atoms with Crippen LogP contribution in [0, 0.1) is 0 Å². The molecule has 0 bridgehead atoms. The molecule has 0 saturated heterocycles. The van der Waals surface area contributed by atoms with E-state index in [2.05, 4.69) is 10.3 Å². The predicted octanol–water partition coefficient (Wildman–Crippen LogP) is 2.78. The lowest BCUT2D eigenvalue weighted by atomic mass is 10.1. The van der Waals surface area contributed by atoms with E-state index < -0.39 is 0 Å². The van der Waals surface area contributed by atoms with Gasteiger partial charge in [0.1, 0.15) is 23.3 Å². The number of ether oxygens (including phenoxy) is 1. The van der Waals surface area contributed by atoms with Crippen molar-refractivity contribution in [3.8, 4) is 17.3 Å². The standard InChI is InChI=1S/C21H29N5O2/c1-13(20(27)25-21(2,3)4)26(5)19-15-8-7-9-16(15)23-18(24-19)17-12-14(28-6)10-11-22-17/h10-13H,7-9H2,1-6H3,(H,25,27). The fraction of sp³-hybridized carbons (Fsp3) is 0.524. The number of likely N-dealkylation sites (N-methyl/N-ethyl adjacent to an activating group) is 1. The zero-order valence-electron chi connectivity index (χ0n) is 17.5. The number of pyridine rings is 1. The number of nitrogens with one attached hydrogen (secondary N) is 1. The second kappa shape index (κ2) is 7.73. The number of hydrogen-bond donors (Lipinski definition) is 1. The van der Waals surface area contributed by atoms with Crippen molar-refractivity contribution in [2.75, 3.05) is 19.1 Å². The van der Waals surface area contributed by atoms with Gasteiger partial charge in [0, 0.05) is 36.1 Å². The maximum absolute atomic E-state index is 12.7. The highest BCUT2D eigenvalue weighted by atomic mass is 16.5. The Kier molecular flexibility index (Phi) is 5.54. The average Bonchev–Trinajstić information content (AvgIpc) is 3.13. The summed E-state index contributed by atoms with van der Waals surface area (Å²) in [6.45, 7) is 7.83. The van der Waals surface area contributed by atoms with E-state index in [-0.39, 0.29) is 17.5 Å². The summed E-state index contributed by atoms with van der Waals surface area (Å²) in [5.74, 6) is 2.05. The number of hydrogen-bond acceptors (Lipinski definition) is 6. The van der Waals surface area contributed by atoms with Crippen LogP contribution in [0.3, 0.4) is 0 Å². The van der Waals surface area contributed by atoms with E-state index in [1.54, 1.807) is 19.4 Å². The van der Waals surface area contributed by atoms with Crippen LogP contribution in [0.15, 0.2) is 18.3 Å². The van der Waals surface area contributed by atoms with E-state index in [1.165, 1.54) is 0 Å². The molecule has 1 atom stereocenters. The molecule has 1 aliphatic rings. The van der Waals surface area contributed by atoms with Crippen molar-refractivity contribution in [1.29, 1.82) is 0 Å². The molecule has 2 aromatic rings. The van der Waals surface area contributed by atoms with E-state index in [1.807, 2.05) is 45.7 Å². The van der Waals surface area contributed by atoms with Crippen LogP contribution in [0.1, 0.15) is 45.4 Å². The molecule has 1 amide bonds. The molecule has 2 aromatic heterocycles. The first kappa shape index (κ1) is 20.0. The fourth-order valence-corrected chi connectivity index (χ4v) is 3.31. The number of methoxy groups -OCH3 is 1. The summed E-state index contributed by atoms with van der Waals surface area (Å²) in [6.07, 6.45) is 4.57. The van der Waals surface area contributed by atoms with Gasteiger partial charge in [-0.05, 0) is 53.0 Å². The quantitative estimate of drug-likeness (QED) is 0.855. The number of rotatable bonds is 5. The first-order valence-electron chi connectivity index (χ1n) is 9.64. The average molecular weight is 383 g/mol. The van der Waals surface area contributed by atoms with Crippen LogP contribution in [0.5, 0.6) is 5.75 Å². The van der Waals surface area contributed by atoms with Crippen LogP contribution in [-0.4, -0.2) is 46.6 Å². The van der Waals surface area contributed by atoms with Crippen molar-refractivity contribution in [2.45, 2.75) is 58.5 Å². The van der Waals surface area contributed by atoms with Gasteiger partial charge in [-0.1, -0.05) is 0 Å². The Bertz CT molecular complexity index is 876. The van der Waals surface area contributed by atoms with Crippen molar-refractivity contribution in [2.24, 2.45) is 0 Å². The lowest BCUT2D eigenvalue weighted by molar-refractivity contribution is -0.123. The molecule has 7 heteroatoms. The third-order valence-electron chi connectivity index (χ3n) is 4.90. The zero-order chi connectivity index (χ0) is 20.5. The van der Waals surface area contributed by atoms with E-state index >= 15 is 0 Å². The summed E-state index contributed by atoms with van der Waals surface area (Å²) in [7, 11) is 3.54. The second-order valence-corrected chi connectivity index (χ2v) is 8.26. The highest BCUT2D eigenvalue weighted by Crippen LogP contribution is 2.32. The molecule has 0 aromatic carbocycles. The van der Waals surface area contributed by atoms with Gasteiger partial charge < -0.3 is 15.0 Å². The Morgan fingerprint density at radius 3 is 2.71 bits per heavy atom. The van der Waals surface area contributed by atoms with Crippen molar-refractivity contribution in [3.63, 3.8) is 0 Å². The highest BCUT2D eigenvalue weighted by Gasteiger charge is 2.28. The topological polar surface area (TPSA) is 80.2 Å². The molecule has 1 aliphatic carbocycles. The third kappa shape index (κ3) is 4.24. The number of fused-ring (bicyclic) bond motifs is 1. The third-order valence-corrected chi connectivity index (χ3v) is 4.90. The first-order chi connectivity index (χ1) is 13.2. The molecule has 0 saturated carbocycles. The lowest BCUT2D eigenvalue weighted by Gasteiger charge is -2.30. The molecule has 0 aliphatic heterocycles. The molecule has 0 fully saturated rings. The number of carbonyl (C=O) groups excluding carboxylic acids is 1. The van der Waals surface area contributed by atoms with E-state index in [0.717, 1.165) is 36.3 Å². The Labute approximate surface area is 166 Å². The monoisotopic (exact) mass is 383 g/mol. The van der Waals surface area contributed by atoms with Gasteiger partial charge in [0.05, 0.1) is 7.11 Å². The highest BCUT2D eigenvalue weighted by molar-refractivity contribution is 5.85. The van der Waals surface area contributed by atoms with E-state index in [9.17, 15) is 4.79 Å². The Morgan fingerprint density at radius 1 is 1.29 bits per heavy atom. The van der Waals surface area contributed by atoms with Gasteiger partial charge in [-0.25, -0.2) is 9.97 Å². The maximum Gasteiger partial charge on any atom is 0.242 e. The SMILES string of the molecule is COc1ccnc(-c2nc3c(c(N(C)C(C)C(=O)NC(C)(C)C)n2)CCC3)c1. The molecule has 150 valence electrons. The molecule has 0 spiro atoms. The molecular weight excluding hydrogens is 354 g/mol. The van der Waals surface area contributed by atoms with Crippen LogP contribution in [0.4, 0.5) is 5.82 Å². The zero-order valence-corrected chi connectivity index (χ0v) is 17.5. The Hall–Kier alpha value is -2.70. The predicted molar refractivity (Wildman–Crippen MR) is 110 cm³/mol. The van der Waals surface area contributed by atoms with Gasteiger partial charge in [-0.15, -0.1) is 0 Å². The lowest BCUT2D eigenvalue weighted by Crippen LogP contribution is -2.50. The van der Waals surface area contributed by atoms with Crippen molar-refractivity contribution < 1.29 is 9.53 Å². The number of nitrogens with zero attached hydrogens (tertiary/aromatic N) is 4. The minimum atomic E-state index is -0.357. The van der Waals surface area contributed by atoms with Crippen molar-refractivity contribution in [1.82, 2.24) is 20.3 Å². The summed E-state index contributed by atoms with van der Waals surface area (Å²) in [5, 5.41) is 3.05. The number of amides is 1. The van der Waals surface area contributed by atoms with Crippen molar-refractivity contribution in [3.05, 3.63) is 29.6 Å². The minimum Gasteiger partial charge on any atom is -0.497 e. The summed E-state index contributed by atoms with van der Waals surface area (Å²) in [6, 6.07) is 3.27. The van der Waals surface area contributed by atoms with Crippen LogP contribution >= 0.6 is 0 Å². The smallest absolute Gasteiger partial charge is 0.242 e. The molecule has 1 N–H and O–H groups in total. The van der Waals surface area contributed by atoms with E-state index in [0.29, 0.717) is 17.3 Å². The van der Waals surface area contributed by atoms with Gasteiger partial charge >= 0.3 is 0 Å². The molecular formula is C21H29N5O2. The van der Waals surface area contributed by atoms with E-state index in [4.69, 9.17) is 14.7 Å². The van der Waals surface area contributed by atoms with Crippen LogP contribution in [0.25, 0.3) is 11.5 Å². The molecule has 7 nitrogen and oxygen atoms in total. The minimum absolute atomic E-state index is 0.0265. The number of anilines is 1. The van der Waals surface area contributed by atoms with Gasteiger partial charge in [-0.2, -0.15) is 0 Å². The molecule has 0 radical (unpaired) electrons. The van der Waals surface area contributed by atoms with Crippen molar-refractivity contribution >= 4 is 11.7 Å². The number of carbonyl (C=O) groups is 1. The number of aromatic nitrogens is 3. The second-order valence-electron chi connectivity index (χ2n) is 8.26. The Morgan fingerprint density at radius 2 is 2.04 bits per heavy atom.